The molecule has 3 unspecified atom stereocenters. The number of carbonyl (C=O) groups excluding carboxylic acids is 1. The van der Waals surface area contributed by atoms with Gasteiger partial charge in [0.25, 0.3) is 0 Å². The van der Waals surface area contributed by atoms with Gasteiger partial charge in [0.05, 0.1) is 0 Å². The highest BCUT2D eigenvalue weighted by molar-refractivity contribution is 5.80. The molecular weight excluding hydrogens is 214 g/mol. The van der Waals surface area contributed by atoms with E-state index in [1.165, 1.54) is 32.1 Å². The van der Waals surface area contributed by atoms with Crippen LogP contribution < -0.4 is 5.32 Å². The third-order valence-electron chi connectivity index (χ3n) is 3.68. The first-order chi connectivity index (χ1) is 8.19. The van der Waals surface area contributed by atoms with Gasteiger partial charge in [-0.2, -0.15) is 0 Å². The van der Waals surface area contributed by atoms with Gasteiger partial charge >= 0.3 is 0 Å². The molecule has 0 bridgehead atoms. The molecule has 3 nitrogen and oxygen atoms in total. The molecule has 17 heavy (non-hydrogen) atoms. The summed E-state index contributed by atoms with van der Waals surface area (Å²) >= 11 is 0. The molecule has 1 aliphatic carbocycles. The smallest absolute Gasteiger partial charge is 0.249 e. The molecule has 0 radical (unpaired) electrons. The van der Waals surface area contributed by atoms with E-state index in [0.29, 0.717) is 18.6 Å². The molecular formula is C14H27NO2. The molecule has 1 aliphatic rings. The Balaban J connectivity index is 2.43. The van der Waals surface area contributed by atoms with Crippen LogP contribution in [0.3, 0.4) is 0 Å². The van der Waals surface area contributed by atoms with E-state index in [1.807, 2.05) is 13.8 Å². The second-order valence-electron chi connectivity index (χ2n) is 5.05. The lowest BCUT2D eigenvalue weighted by atomic mass is 9.82. The maximum Gasteiger partial charge on any atom is 0.249 e. The summed E-state index contributed by atoms with van der Waals surface area (Å²) in [5.41, 5.74) is 0. The Labute approximate surface area is 105 Å². The lowest BCUT2D eigenvalue weighted by molar-refractivity contribution is -0.132. The van der Waals surface area contributed by atoms with Crippen LogP contribution in [0.2, 0.25) is 0 Å². The van der Waals surface area contributed by atoms with Gasteiger partial charge in [0.2, 0.25) is 5.91 Å². The number of nitrogens with one attached hydrogen (secondary N) is 1. The summed E-state index contributed by atoms with van der Waals surface area (Å²) in [5, 5.41) is 3.17. The van der Waals surface area contributed by atoms with Gasteiger partial charge in [0.15, 0.2) is 0 Å². The van der Waals surface area contributed by atoms with Crippen molar-refractivity contribution in [2.45, 2.75) is 71.4 Å². The Morgan fingerprint density at radius 2 is 2.06 bits per heavy atom. The zero-order valence-corrected chi connectivity index (χ0v) is 11.5. The summed E-state index contributed by atoms with van der Waals surface area (Å²) in [6.45, 7) is 6.56. The molecule has 0 aromatic carbocycles. The summed E-state index contributed by atoms with van der Waals surface area (Å²) in [6, 6.07) is 0.374. The number of ether oxygens (including phenoxy) is 1. The van der Waals surface area contributed by atoms with Crippen molar-refractivity contribution in [3.63, 3.8) is 0 Å². The zero-order valence-electron chi connectivity index (χ0n) is 11.5. The van der Waals surface area contributed by atoms with Crippen molar-refractivity contribution >= 4 is 5.91 Å². The summed E-state index contributed by atoms with van der Waals surface area (Å²) in [7, 11) is 0. The van der Waals surface area contributed by atoms with Crippen molar-refractivity contribution < 1.29 is 9.53 Å². The van der Waals surface area contributed by atoms with Crippen LogP contribution in [0.15, 0.2) is 0 Å². The summed E-state index contributed by atoms with van der Waals surface area (Å²) in [5.74, 6) is 0.728. The van der Waals surface area contributed by atoms with Crippen LogP contribution in [-0.4, -0.2) is 24.7 Å². The van der Waals surface area contributed by atoms with Crippen LogP contribution in [0, 0.1) is 5.92 Å². The predicted molar refractivity (Wildman–Crippen MR) is 69.9 cm³/mol. The third kappa shape index (κ3) is 4.66. The molecule has 1 amide bonds. The van der Waals surface area contributed by atoms with Gasteiger partial charge in [0, 0.05) is 12.6 Å². The fourth-order valence-corrected chi connectivity index (χ4v) is 2.74. The molecule has 1 rings (SSSR count). The van der Waals surface area contributed by atoms with Gasteiger partial charge in [0.1, 0.15) is 6.10 Å². The Morgan fingerprint density at radius 1 is 1.35 bits per heavy atom. The van der Waals surface area contributed by atoms with Gasteiger partial charge in [-0.15, -0.1) is 0 Å². The van der Waals surface area contributed by atoms with E-state index >= 15 is 0 Å². The van der Waals surface area contributed by atoms with Gasteiger partial charge in [-0.3, -0.25) is 4.79 Å². The van der Waals surface area contributed by atoms with E-state index in [2.05, 4.69) is 12.2 Å². The first kappa shape index (κ1) is 14.5. The summed E-state index contributed by atoms with van der Waals surface area (Å²) < 4.78 is 5.33. The Hall–Kier alpha value is -0.570. The van der Waals surface area contributed by atoms with E-state index in [0.717, 1.165) is 6.42 Å². The lowest BCUT2D eigenvalue weighted by Crippen LogP contribution is -2.46. The van der Waals surface area contributed by atoms with Crippen molar-refractivity contribution in [2.24, 2.45) is 5.92 Å². The molecule has 1 fully saturated rings. The van der Waals surface area contributed by atoms with Crippen LogP contribution >= 0.6 is 0 Å². The van der Waals surface area contributed by atoms with Crippen LogP contribution in [0.5, 0.6) is 0 Å². The van der Waals surface area contributed by atoms with E-state index < -0.39 is 0 Å². The predicted octanol–water partition coefficient (Wildman–Crippen LogP) is 2.89. The normalized spacial score (nSPS) is 26.5. The molecule has 3 heteroatoms. The van der Waals surface area contributed by atoms with Gasteiger partial charge < -0.3 is 10.1 Å². The topological polar surface area (TPSA) is 38.3 Å². The molecule has 1 saturated carbocycles. The fraction of sp³-hybridized carbons (Fsp3) is 0.929. The Kier molecular flexibility index (Phi) is 6.56. The first-order valence-corrected chi connectivity index (χ1v) is 7.11. The van der Waals surface area contributed by atoms with Crippen LogP contribution in [-0.2, 0) is 9.53 Å². The SMILES string of the molecule is CCCC1CCCCC1NC(=O)C(C)OCC. The standard InChI is InChI=1S/C14H27NO2/c1-4-8-12-9-6-7-10-13(12)15-14(16)11(3)17-5-2/h11-13H,4-10H2,1-3H3,(H,15,16). The number of amides is 1. The highest BCUT2D eigenvalue weighted by Crippen LogP contribution is 2.28. The van der Waals surface area contributed by atoms with Crippen LogP contribution in [0.4, 0.5) is 0 Å². The molecule has 0 saturated heterocycles. The maximum atomic E-state index is 11.9. The molecule has 1 N–H and O–H groups in total. The highest BCUT2D eigenvalue weighted by atomic mass is 16.5. The number of carbonyl (C=O) groups is 1. The van der Waals surface area contributed by atoms with Crippen molar-refractivity contribution in [2.75, 3.05) is 6.61 Å². The van der Waals surface area contributed by atoms with Crippen molar-refractivity contribution in [1.82, 2.24) is 5.32 Å². The van der Waals surface area contributed by atoms with Gasteiger partial charge in [-0.05, 0) is 39.0 Å². The second kappa shape index (κ2) is 7.70. The molecule has 0 heterocycles. The molecule has 0 spiro atoms. The number of hydrogen-bond acceptors (Lipinski definition) is 2. The number of rotatable bonds is 6. The molecule has 0 aromatic rings. The van der Waals surface area contributed by atoms with Crippen molar-refractivity contribution in [3.8, 4) is 0 Å². The second-order valence-corrected chi connectivity index (χ2v) is 5.05. The maximum absolute atomic E-state index is 11.9. The van der Waals surface area contributed by atoms with E-state index in [4.69, 9.17) is 4.74 Å². The molecule has 0 aliphatic heterocycles. The van der Waals surface area contributed by atoms with Gasteiger partial charge in [-0.1, -0.05) is 26.2 Å². The lowest BCUT2D eigenvalue weighted by Gasteiger charge is -2.32. The third-order valence-corrected chi connectivity index (χ3v) is 3.68. The quantitative estimate of drug-likeness (QED) is 0.776. The van der Waals surface area contributed by atoms with E-state index in [1.54, 1.807) is 0 Å². The van der Waals surface area contributed by atoms with Crippen molar-refractivity contribution in [3.05, 3.63) is 0 Å². The minimum Gasteiger partial charge on any atom is -0.369 e. The summed E-state index contributed by atoms with van der Waals surface area (Å²) in [4.78, 5) is 11.9. The largest absolute Gasteiger partial charge is 0.369 e. The van der Waals surface area contributed by atoms with E-state index in [-0.39, 0.29) is 12.0 Å². The average molecular weight is 241 g/mol. The van der Waals surface area contributed by atoms with Gasteiger partial charge in [-0.25, -0.2) is 0 Å². The molecule has 100 valence electrons. The van der Waals surface area contributed by atoms with E-state index in [9.17, 15) is 4.79 Å². The Morgan fingerprint density at radius 3 is 2.71 bits per heavy atom. The molecule has 0 aromatic heterocycles. The highest BCUT2D eigenvalue weighted by Gasteiger charge is 2.27. The number of hydrogen-bond donors (Lipinski definition) is 1. The average Bonchev–Trinajstić information content (AvgIpc) is 2.32. The fourth-order valence-electron chi connectivity index (χ4n) is 2.74. The van der Waals surface area contributed by atoms with Crippen LogP contribution in [0.1, 0.15) is 59.3 Å². The minimum absolute atomic E-state index is 0.0554. The first-order valence-electron chi connectivity index (χ1n) is 7.11. The zero-order chi connectivity index (χ0) is 12.7. The Bertz CT molecular complexity index is 228. The minimum atomic E-state index is -0.316. The summed E-state index contributed by atoms with van der Waals surface area (Å²) in [6.07, 6.45) is 7.08. The monoisotopic (exact) mass is 241 g/mol. The van der Waals surface area contributed by atoms with Crippen molar-refractivity contribution in [1.29, 1.82) is 0 Å². The molecule has 3 atom stereocenters. The van der Waals surface area contributed by atoms with Crippen LogP contribution in [0.25, 0.3) is 0 Å².